The predicted molar refractivity (Wildman–Crippen MR) is 84.4 cm³/mol. The van der Waals surface area contributed by atoms with Crippen molar-refractivity contribution in [2.45, 2.75) is 38.2 Å². The maximum atomic E-state index is 11.9. The number of aromatic nitrogens is 2. The summed E-state index contributed by atoms with van der Waals surface area (Å²) in [7, 11) is 0. The largest absolute Gasteiger partial charge is 0.383 e. The van der Waals surface area contributed by atoms with Gasteiger partial charge in [-0.05, 0) is 29.0 Å². The van der Waals surface area contributed by atoms with Crippen LogP contribution in [0.25, 0.3) is 0 Å². The van der Waals surface area contributed by atoms with Crippen LogP contribution < -0.4 is 11.4 Å². The van der Waals surface area contributed by atoms with E-state index in [1.807, 2.05) is 29.5 Å². The lowest BCUT2D eigenvalue weighted by Gasteiger charge is -2.16. The Labute approximate surface area is 131 Å². The molecule has 2 heterocycles. The fraction of sp³-hybridized carbons (Fsp3) is 0.538. The third-order valence-corrected chi connectivity index (χ3v) is 4.09. The van der Waals surface area contributed by atoms with Crippen molar-refractivity contribution in [1.29, 1.82) is 0 Å². The zero-order valence-corrected chi connectivity index (χ0v) is 13.4. The number of nitrogen functional groups attached to an aromatic ring is 1. The highest BCUT2D eigenvalue weighted by atomic mass is 127. The molecular formula is C13H18IN3O3. The van der Waals surface area contributed by atoms with Gasteiger partial charge in [0.2, 0.25) is 0 Å². The van der Waals surface area contributed by atoms with E-state index in [9.17, 15) is 4.79 Å². The van der Waals surface area contributed by atoms with Crippen LogP contribution in [0, 0.1) is 3.57 Å². The molecule has 1 aliphatic heterocycles. The average molecular weight is 391 g/mol. The lowest BCUT2D eigenvalue weighted by Crippen LogP contribution is -2.28. The van der Waals surface area contributed by atoms with Crippen molar-refractivity contribution in [3.05, 3.63) is 32.9 Å². The van der Waals surface area contributed by atoms with E-state index in [-0.39, 0.29) is 24.3 Å². The van der Waals surface area contributed by atoms with Crippen molar-refractivity contribution in [2.24, 2.45) is 0 Å². The lowest BCUT2D eigenvalue weighted by molar-refractivity contribution is -0.0356. The number of hydrogen-bond donors (Lipinski definition) is 1. The fourth-order valence-corrected chi connectivity index (χ4v) is 2.69. The molecule has 7 heteroatoms. The van der Waals surface area contributed by atoms with Crippen molar-refractivity contribution in [1.82, 2.24) is 9.55 Å². The number of nitrogens with zero attached hydrogens (tertiary/aromatic N) is 2. The summed E-state index contributed by atoms with van der Waals surface area (Å²) in [5, 5.41) is 0. The first-order valence-electron chi connectivity index (χ1n) is 6.49. The van der Waals surface area contributed by atoms with Gasteiger partial charge in [0.25, 0.3) is 0 Å². The molecule has 6 nitrogen and oxygen atoms in total. The summed E-state index contributed by atoms with van der Waals surface area (Å²) in [6.45, 7) is 6.15. The molecule has 20 heavy (non-hydrogen) atoms. The lowest BCUT2D eigenvalue weighted by atomic mass is 10.1. The van der Waals surface area contributed by atoms with Gasteiger partial charge in [-0.15, -0.1) is 6.58 Å². The minimum Gasteiger partial charge on any atom is -0.383 e. The molecule has 1 aromatic rings. The molecule has 0 bridgehead atoms. The van der Waals surface area contributed by atoms with Crippen LogP contribution in [-0.4, -0.2) is 28.4 Å². The summed E-state index contributed by atoms with van der Waals surface area (Å²) >= 11 is 2.05. The maximum absolute atomic E-state index is 11.9. The first kappa shape index (κ1) is 15.5. The summed E-state index contributed by atoms with van der Waals surface area (Å²) in [4.78, 5) is 15.7. The number of anilines is 1. The molecule has 110 valence electrons. The molecular weight excluding hydrogens is 373 g/mol. The number of hydrogen-bond acceptors (Lipinski definition) is 5. The SMILES string of the molecule is C=CCOC1CC(n2cc(I)c(N)nc2=O)OC1CC. The second kappa shape index (κ2) is 6.68. The zero-order chi connectivity index (χ0) is 14.7. The van der Waals surface area contributed by atoms with Crippen LogP contribution in [0.15, 0.2) is 23.6 Å². The molecule has 3 atom stereocenters. The van der Waals surface area contributed by atoms with Crippen LogP contribution in [0.4, 0.5) is 5.82 Å². The van der Waals surface area contributed by atoms with E-state index in [0.29, 0.717) is 13.0 Å². The summed E-state index contributed by atoms with van der Waals surface area (Å²) in [5.74, 6) is 0.247. The summed E-state index contributed by atoms with van der Waals surface area (Å²) in [6.07, 6.45) is 4.41. The number of halogens is 1. The van der Waals surface area contributed by atoms with Crippen molar-refractivity contribution in [3.8, 4) is 0 Å². The molecule has 0 radical (unpaired) electrons. The Hall–Kier alpha value is -0.930. The standard InChI is InChI=1S/C13H18IN3O3/c1-3-5-19-10-6-11(20-9(10)4-2)17-7-8(14)12(15)16-13(17)18/h3,7,9-11H,1,4-6H2,2H3,(H2,15,16,18). The van der Waals surface area contributed by atoms with Gasteiger partial charge in [-0.2, -0.15) is 4.98 Å². The first-order chi connectivity index (χ1) is 9.56. The molecule has 1 fully saturated rings. The van der Waals surface area contributed by atoms with Crippen LogP contribution in [0.5, 0.6) is 0 Å². The van der Waals surface area contributed by atoms with Gasteiger partial charge >= 0.3 is 5.69 Å². The van der Waals surface area contributed by atoms with E-state index in [1.165, 1.54) is 4.57 Å². The van der Waals surface area contributed by atoms with Crippen molar-refractivity contribution in [3.63, 3.8) is 0 Å². The fourth-order valence-electron chi connectivity index (χ4n) is 2.26. The first-order valence-corrected chi connectivity index (χ1v) is 7.56. The van der Waals surface area contributed by atoms with Crippen LogP contribution in [-0.2, 0) is 9.47 Å². The molecule has 1 aromatic heterocycles. The Kier molecular flexibility index (Phi) is 5.17. The van der Waals surface area contributed by atoms with Crippen LogP contribution in [0.2, 0.25) is 0 Å². The van der Waals surface area contributed by atoms with Gasteiger partial charge in [-0.1, -0.05) is 13.0 Å². The monoisotopic (exact) mass is 391 g/mol. The molecule has 2 rings (SSSR count). The number of nitrogens with two attached hydrogens (primary N) is 1. The van der Waals surface area contributed by atoms with Gasteiger partial charge in [-0.3, -0.25) is 4.57 Å². The molecule has 2 N–H and O–H groups in total. The third kappa shape index (κ3) is 3.21. The topological polar surface area (TPSA) is 79.4 Å². The van der Waals surface area contributed by atoms with Crippen LogP contribution >= 0.6 is 22.6 Å². The van der Waals surface area contributed by atoms with Crippen molar-refractivity contribution in [2.75, 3.05) is 12.3 Å². The summed E-state index contributed by atoms with van der Waals surface area (Å²) in [6, 6.07) is 0. The minimum atomic E-state index is -0.396. The molecule has 0 saturated carbocycles. The number of ether oxygens (including phenoxy) is 2. The smallest absolute Gasteiger partial charge is 0.351 e. The normalized spacial score (nSPS) is 25.8. The van der Waals surface area contributed by atoms with E-state index >= 15 is 0 Å². The van der Waals surface area contributed by atoms with Gasteiger partial charge in [0, 0.05) is 12.6 Å². The van der Waals surface area contributed by atoms with Gasteiger partial charge in [-0.25, -0.2) is 4.79 Å². The second-order valence-electron chi connectivity index (χ2n) is 4.60. The highest BCUT2D eigenvalue weighted by Gasteiger charge is 2.36. The third-order valence-electron chi connectivity index (χ3n) is 3.26. The van der Waals surface area contributed by atoms with Gasteiger partial charge in [0.05, 0.1) is 22.4 Å². The molecule has 0 aromatic carbocycles. The Morgan fingerprint density at radius 2 is 2.50 bits per heavy atom. The van der Waals surface area contributed by atoms with E-state index in [4.69, 9.17) is 15.2 Å². The highest BCUT2D eigenvalue weighted by Crippen LogP contribution is 2.31. The average Bonchev–Trinajstić information content (AvgIpc) is 2.83. The van der Waals surface area contributed by atoms with E-state index in [1.54, 1.807) is 12.3 Å². The Balaban J connectivity index is 2.20. The number of rotatable bonds is 5. The zero-order valence-electron chi connectivity index (χ0n) is 11.3. The summed E-state index contributed by atoms with van der Waals surface area (Å²) < 4.78 is 13.8. The molecule has 1 saturated heterocycles. The predicted octanol–water partition coefficient (Wildman–Crippen LogP) is 1.70. The summed E-state index contributed by atoms with van der Waals surface area (Å²) in [5.41, 5.74) is 5.23. The molecule has 0 amide bonds. The van der Waals surface area contributed by atoms with Crippen molar-refractivity contribution < 1.29 is 9.47 Å². The molecule has 0 spiro atoms. The Morgan fingerprint density at radius 3 is 3.15 bits per heavy atom. The van der Waals surface area contributed by atoms with Gasteiger partial charge in [0.15, 0.2) is 0 Å². The van der Waals surface area contributed by atoms with E-state index in [2.05, 4.69) is 11.6 Å². The Bertz CT molecular complexity index is 546. The second-order valence-corrected chi connectivity index (χ2v) is 5.76. The molecule has 1 aliphatic rings. The van der Waals surface area contributed by atoms with E-state index < -0.39 is 5.69 Å². The molecule has 0 aliphatic carbocycles. The highest BCUT2D eigenvalue weighted by molar-refractivity contribution is 14.1. The Morgan fingerprint density at radius 1 is 1.75 bits per heavy atom. The van der Waals surface area contributed by atoms with Gasteiger partial charge in [0.1, 0.15) is 12.0 Å². The van der Waals surface area contributed by atoms with E-state index in [0.717, 1.165) is 9.99 Å². The van der Waals surface area contributed by atoms with Gasteiger partial charge < -0.3 is 15.2 Å². The quantitative estimate of drug-likeness (QED) is 0.611. The molecule has 3 unspecified atom stereocenters. The maximum Gasteiger partial charge on any atom is 0.351 e. The van der Waals surface area contributed by atoms with Crippen LogP contribution in [0.3, 0.4) is 0 Å². The minimum absolute atomic E-state index is 0.0259. The van der Waals surface area contributed by atoms with Crippen molar-refractivity contribution >= 4 is 28.4 Å². The van der Waals surface area contributed by atoms with Crippen LogP contribution in [0.1, 0.15) is 26.0 Å².